The maximum Gasteiger partial charge on any atom is 0.294 e. The lowest BCUT2D eigenvalue weighted by atomic mass is 10.2. The second-order valence-electron chi connectivity index (χ2n) is 7.43. The molecule has 0 atom stereocenters. The van der Waals surface area contributed by atoms with E-state index in [1.807, 2.05) is 23.6 Å². The van der Waals surface area contributed by atoms with Gasteiger partial charge in [0.25, 0.3) is 11.2 Å². The summed E-state index contributed by atoms with van der Waals surface area (Å²) in [4.78, 5) is 33.0. The summed E-state index contributed by atoms with van der Waals surface area (Å²) < 4.78 is 13.4. The Kier molecular flexibility index (Phi) is 5.71. The van der Waals surface area contributed by atoms with Crippen LogP contribution in [0.5, 0.6) is 11.5 Å². The number of thiazole rings is 1. The number of rotatable bonds is 7. The minimum absolute atomic E-state index is 0.131. The number of hydrogen-bond donors (Lipinski definition) is 0. The van der Waals surface area contributed by atoms with E-state index < -0.39 is 4.92 Å². The van der Waals surface area contributed by atoms with Gasteiger partial charge in [0.15, 0.2) is 17.1 Å². The third kappa shape index (κ3) is 3.99. The van der Waals surface area contributed by atoms with Crippen LogP contribution < -0.4 is 15.0 Å². The lowest BCUT2D eigenvalue weighted by molar-refractivity contribution is -0.384. The zero-order valence-electron chi connectivity index (χ0n) is 18.6. The molecule has 0 aliphatic carbocycles. The van der Waals surface area contributed by atoms with Crippen LogP contribution in [0, 0.1) is 10.1 Å². The van der Waals surface area contributed by atoms with Crippen LogP contribution in [0.4, 0.5) is 5.69 Å². The number of hydrogen-bond acceptors (Lipinski definition) is 9. The molecule has 5 rings (SSSR count). The summed E-state index contributed by atoms with van der Waals surface area (Å²) in [7, 11) is 3.15. The minimum atomic E-state index is -0.498. The topological polar surface area (TPSA) is 127 Å². The number of nitrogens with zero attached hydrogens (tertiary/aromatic N) is 6. The first-order valence-corrected chi connectivity index (χ1v) is 11.2. The summed E-state index contributed by atoms with van der Waals surface area (Å²) in [5.41, 5.74) is 1.58. The lowest BCUT2D eigenvalue weighted by Gasteiger charge is -2.08. The number of nitro groups is 1. The summed E-state index contributed by atoms with van der Waals surface area (Å²) in [6, 6.07) is 11.7. The Morgan fingerprint density at radius 3 is 2.69 bits per heavy atom. The van der Waals surface area contributed by atoms with Crippen LogP contribution in [0.2, 0.25) is 0 Å². The molecule has 3 heterocycles. The Hall–Kier alpha value is -4.58. The normalized spacial score (nSPS) is 11.0. The summed E-state index contributed by atoms with van der Waals surface area (Å²) in [6.45, 7) is 0.211. The zero-order valence-corrected chi connectivity index (χ0v) is 19.4. The average Bonchev–Trinajstić information content (AvgIpc) is 3.53. The highest BCUT2D eigenvalue weighted by molar-refractivity contribution is 7.13. The molecule has 12 heteroatoms. The molecule has 0 fully saturated rings. The van der Waals surface area contributed by atoms with Gasteiger partial charge < -0.3 is 9.47 Å². The molecule has 0 aliphatic rings. The zero-order chi connectivity index (χ0) is 24.5. The predicted octanol–water partition coefficient (Wildman–Crippen LogP) is 3.68. The van der Waals surface area contributed by atoms with E-state index in [4.69, 9.17) is 9.47 Å². The highest BCUT2D eigenvalue weighted by atomic mass is 32.1. The molecule has 0 unspecified atom stereocenters. The van der Waals surface area contributed by atoms with Gasteiger partial charge in [0, 0.05) is 17.0 Å². The van der Waals surface area contributed by atoms with Gasteiger partial charge in [0.05, 0.1) is 37.6 Å². The van der Waals surface area contributed by atoms with Gasteiger partial charge in [0.1, 0.15) is 22.4 Å². The van der Waals surface area contributed by atoms with Gasteiger partial charge in [-0.05, 0) is 24.3 Å². The SMILES string of the molecule is COc1ccc(-c2nc(Cn3cnc4c(cnn4-c4ccccc4[N+](=O)[O-])c3=O)cs2)cc1OC. The van der Waals surface area contributed by atoms with Gasteiger partial charge in [-0.15, -0.1) is 11.3 Å². The highest BCUT2D eigenvalue weighted by Gasteiger charge is 2.19. The van der Waals surface area contributed by atoms with E-state index >= 15 is 0 Å². The molecule has 0 saturated carbocycles. The number of fused-ring (bicyclic) bond motifs is 1. The van der Waals surface area contributed by atoms with Crippen molar-refractivity contribution in [2.75, 3.05) is 14.2 Å². The van der Waals surface area contributed by atoms with Gasteiger partial charge >= 0.3 is 0 Å². The summed E-state index contributed by atoms with van der Waals surface area (Å²) in [5.74, 6) is 1.23. The van der Waals surface area contributed by atoms with Gasteiger partial charge in [0.2, 0.25) is 0 Å². The van der Waals surface area contributed by atoms with Crippen molar-refractivity contribution >= 4 is 28.1 Å². The van der Waals surface area contributed by atoms with Crippen LogP contribution in [-0.2, 0) is 6.54 Å². The van der Waals surface area contributed by atoms with Crippen molar-refractivity contribution in [2.45, 2.75) is 6.54 Å². The second-order valence-corrected chi connectivity index (χ2v) is 8.29. The molecule has 0 radical (unpaired) electrons. The summed E-state index contributed by atoms with van der Waals surface area (Å²) in [5, 5.41) is 18.5. The fraction of sp³-hybridized carbons (Fsp3) is 0.130. The molecule has 2 aromatic carbocycles. The van der Waals surface area contributed by atoms with Crippen molar-refractivity contribution in [1.29, 1.82) is 0 Å². The van der Waals surface area contributed by atoms with E-state index in [0.29, 0.717) is 17.2 Å². The quantitative estimate of drug-likeness (QED) is 0.250. The van der Waals surface area contributed by atoms with E-state index in [1.54, 1.807) is 32.4 Å². The average molecular weight is 491 g/mol. The molecule has 0 amide bonds. The maximum absolute atomic E-state index is 13.1. The monoisotopic (exact) mass is 490 g/mol. The fourth-order valence-electron chi connectivity index (χ4n) is 3.69. The van der Waals surface area contributed by atoms with E-state index in [2.05, 4.69) is 15.1 Å². The van der Waals surface area contributed by atoms with Gasteiger partial charge in [-0.2, -0.15) is 5.10 Å². The first kappa shape index (κ1) is 22.2. The van der Waals surface area contributed by atoms with E-state index in [0.717, 1.165) is 10.6 Å². The Bertz CT molecular complexity index is 1620. The number of nitro benzene ring substituents is 1. The molecule has 176 valence electrons. The number of aromatic nitrogens is 5. The van der Waals surface area contributed by atoms with Crippen molar-refractivity contribution in [3.8, 4) is 27.8 Å². The van der Waals surface area contributed by atoms with Crippen LogP contribution in [-0.4, -0.2) is 43.5 Å². The molecule has 0 bridgehead atoms. The summed E-state index contributed by atoms with van der Waals surface area (Å²) >= 11 is 1.45. The van der Waals surface area contributed by atoms with Gasteiger partial charge in [-0.3, -0.25) is 19.5 Å². The third-order valence-corrected chi connectivity index (χ3v) is 6.32. The van der Waals surface area contributed by atoms with E-state index in [1.165, 1.54) is 39.2 Å². The predicted molar refractivity (Wildman–Crippen MR) is 130 cm³/mol. The lowest BCUT2D eigenvalue weighted by Crippen LogP contribution is -2.21. The molecule has 5 aromatic rings. The molecule has 0 aliphatic heterocycles. The van der Waals surface area contributed by atoms with Crippen molar-refractivity contribution in [2.24, 2.45) is 0 Å². The minimum Gasteiger partial charge on any atom is -0.493 e. The molecule has 11 nitrogen and oxygen atoms in total. The number of methoxy groups -OCH3 is 2. The maximum atomic E-state index is 13.1. The van der Waals surface area contributed by atoms with E-state index in [9.17, 15) is 14.9 Å². The van der Waals surface area contributed by atoms with Gasteiger partial charge in [-0.25, -0.2) is 14.6 Å². The number of benzene rings is 2. The first-order chi connectivity index (χ1) is 17.0. The first-order valence-electron chi connectivity index (χ1n) is 10.3. The Labute approximate surface area is 202 Å². The van der Waals surface area contributed by atoms with Crippen molar-refractivity contribution in [3.05, 3.63) is 86.5 Å². The van der Waals surface area contributed by atoms with Crippen molar-refractivity contribution in [1.82, 2.24) is 24.3 Å². The summed E-state index contributed by atoms with van der Waals surface area (Å²) in [6.07, 6.45) is 2.76. The highest BCUT2D eigenvalue weighted by Crippen LogP contribution is 2.33. The van der Waals surface area contributed by atoms with Crippen LogP contribution in [0.25, 0.3) is 27.3 Å². The van der Waals surface area contributed by atoms with Crippen LogP contribution in [0.1, 0.15) is 5.69 Å². The smallest absolute Gasteiger partial charge is 0.294 e. The molecule has 0 saturated heterocycles. The van der Waals surface area contributed by atoms with Crippen LogP contribution >= 0.6 is 11.3 Å². The van der Waals surface area contributed by atoms with Gasteiger partial charge in [-0.1, -0.05) is 12.1 Å². The van der Waals surface area contributed by atoms with Crippen molar-refractivity contribution in [3.63, 3.8) is 0 Å². The van der Waals surface area contributed by atoms with E-state index in [-0.39, 0.29) is 34.5 Å². The molecular weight excluding hydrogens is 472 g/mol. The van der Waals surface area contributed by atoms with Crippen LogP contribution in [0.15, 0.2) is 65.2 Å². The largest absolute Gasteiger partial charge is 0.493 e. The second kappa shape index (κ2) is 8.99. The number of para-hydroxylation sites is 2. The Balaban J connectivity index is 1.46. The molecule has 0 spiro atoms. The molecule has 3 aromatic heterocycles. The van der Waals surface area contributed by atoms with Crippen LogP contribution in [0.3, 0.4) is 0 Å². The Morgan fingerprint density at radius 2 is 1.91 bits per heavy atom. The third-order valence-electron chi connectivity index (χ3n) is 5.38. The fourth-order valence-corrected chi connectivity index (χ4v) is 4.50. The van der Waals surface area contributed by atoms with Crippen molar-refractivity contribution < 1.29 is 14.4 Å². The standard InChI is InChI=1S/C23H18N6O5S/c1-33-19-8-7-14(9-20(19)34-2)22-26-15(12-35-22)11-27-13-24-21-16(23(27)30)10-25-28(21)17-5-3-4-6-18(17)29(31)32/h3-10,12-13H,11H2,1-2H3. The molecule has 35 heavy (non-hydrogen) atoms. The Morgan fingerprint density at radius 1 is 1.11 bits per heavy atom. The number of ether oxygens (including phenoxy) is 2. The molecule has 0 N–H and O–H groups in total. The molecular formula is C23H18N6O5S.